The van der Waals surface area contributed by atoms with Crippen LogP contribution in [0.5, 0.6) is 0 Å². The van der Waals surface area contributed by atoms with E-state index in [2.05, 4.69) is 0 Å². The van der Waals surface area contributed by atoms with E-state index in [0.29, 0.717) is 36.2 Å². The maximum absolute atomic E-state index is 11.4. The maximum atomic E-state index is 11.4. The molecule has 1 aliphatic heterocycles. The number of hydrogen-bond acceptors (Lipinski definition) is 6. The van der Waals surface area contributed by atoms with Crippen molar-refractivity contribution in [3.8, 4) is 0 Å². The van der Waals surface area contributed by atoms with Crippen LogP contribution in [0.3, 0.4) is 0 Å². The molecular formula is C12H25NO8PS2+. The number of aliphatic hydroxyl groups is 1. The molecule has 0 radical (unpaired) electrons. The highest BCUT2D eigenvalue weighted by atomic mass is 32.2. The number of carbonyl (C=O) groups is 1. The fourth-order valence-electron chi connectivity index (χ4n) is 3.10. The van der Waals surface area contributed by atoms with Crippen molar-refractivity contribution in [3.63, 3.8) is 0 Å². The van der Waals surface area contributed by atoms with E-state index in [1.165, 1.54) is 18.7 Å². The lowest BCUT2D eigenvalue weighted by atomic mass is 9.93. The minimum atomic E-state index is -5.49. The zero-order chi connectivity index (χ0) is 18.8. The van der Waals surface area contributed by atoms with Gasteiger partial charge in [0.2, 0.25) is 0 Å². The van der Waals surface area contributed by atoms with Gasteiger partial charge in [-0.25, -0.2) is 0 Å². The van der Waals surface area contributed by atoms with Crippen LogP contribution in [0.1, 0.15) is 26.2 Å². The molecule has 0 aromatic rings. The molecule has 1 fully saturated rings. The molecule has 1 heterocycles. The molecule has 0 aromatic heterocycles. The van der Waals surface area contributed by atoms with Crippen molar-refractivity contribution in [3.05, 3.63) is 0 Å². The van der Waals surface area contributed by atoms with Gasteiger partial charge in [0.15, 0.2) is 5.12 Å². The molecule has 1 rings (SSSR count). The Kier molecular flexibility index (Phi) is 7.08. The highest BCUT2D eigenvalue weighted by molar-refractivity contribution is 8.13. The van der Waals surface area contributed by atoms with Gasteiger partial charge in [0, 0.05) is 19.3 Å². The molecule has 1 saturated heterocycles. The summed E-state index contributed by atoms with van der Waals surface area (Å²) in [5.41, 5.74) is 0. The third-order valence-corrected chi connectivity index (χ3v) is 8.65. The van der Waals surface area contributed by atoms with E-state index in [0.717, 1.165) is 6.54 Å². The lowest BCUT2D eigenvalue weighted by Crippen LogP contribution is -2.54. The molecule has 0 amide bonds. The average Bonchev–Trinajstić information content (AvgIpc) is 2.35. The Morgan fingerprint density at radius 3 is 2.46 bits per heavy atom. The Balaban J connectivity index is 2.87. The van der Waals surface area contributed by atoms with E-state index < -0.39 is 34.7 Å². The van der Waals surface area contributed by atoms with Gasteiger partial charge in [-0.3, -0.25) is 13.9 Å². The molecule has 24 heavy (non-hydrogen) atoms. The number of rotatable bonds is 7. The van der Waals surface area contributed by atoms with Crippen LogP contribution in [0.25, 0.3) is 0 Å². The van der Waals surface area contributed by atoms with Crippen LogP contribution in [-0.4, -0.2) is 74.6 Å². The summed E-state index contributed by atoms with van der Waals surface area (Å²) >= 11 is 1.18. The number of nitrogens with zero attached hydrogens (tertiary/aromatic N) is 1. The molecular weight excluding hydrogens is 381 g/mol. The molecule has 4 N–H and O–H groups in total. The first-order chi connectivity index (χ1) is 10.7. The summed E-state index contributed by atoms with van der Waals surface area (Å²) in [5.74, 6) is 0.102. The van der Waals surface area contributed by atoms with Crippen LogP contribution >= 0.6 is 19.4 Å². The first kappa shape index (κ1) is 22.0. The second-order valence-electron chi connectivity index (χ2n) is 6.56. The van der Waals surface area contributed by atoms with Gasteiger partial charge in [0.1, 0.15) is 0 Å². The van der Waals surface area contributed by atoms with Crippen molar-refractivity contribution in [1.29, 1.82) is 0 Å². The first-order valence-corrected chi connectivity index (χ1v) is 11.5. The summed E-state index contributed by atoms with van der Waals surface area (Å²) in [4.78, 5) is 29.4. The summed E-state index contributed by atoms with van der Waals surface area (Å²) in [5, 5.41) is 10.00. The summed E-state index contributed by atoms with van der Waals surface area (Å²) < 4.78 is 40.3. The van der Waals surface area contributed by atoms with Gasteiger partial charge >= 0.3 is 17.7 Å². The first-order valence-electron chi connectivity index (χ1n) is 7.42. The Morgan fingerprint density at radius 2 is 2.00 bits per heavy atom. The molecule has 0 aliphatic carbocycles. The minimum absolute atomic E-state index is 0.00240. The lowest BCUT2D eigenvalue weighted by Gasteiger charge is -2.42. The Bertz CT molecular complexity index is 621. The van der Waals surface area contributed by atoms with Gasteiger partial charge in [-0.15, -0.1) is 0 Å². The summed E-state index contributed by atoms with van der Waals surface area (Å²) in [6.07, 6.45) is 0.448. The van der Waals surface area contributed by atoms with Crippen molar-refractivity contribution in [2.24, 2.45) is 5.92 Å². The molecule has 0 bridgehead atoms. The van der Waals surface area contributed by atoms with E-state index in [4.69, 9.17) is 4.55 Å². The third kappa shape index (κ3) is 5.50. The van der Waals surface area contributed by atoms with Gasteiger partial charge in [-0.2, -0.15) is 8.42 Å². The van der Waals surface area contributed by atoms with Gasteiger partial charge in [-0.05, 0) is 12.8 Å². The number of piperidine rings is 1. The maximum Gasteiger partial charge on any atom is 0.375 e. The Morgan fingerprint density at radius 1 is 1.42 bits per heavy atom. The molecule has 0 aromatic carbocycles. The number of thioether (sulfide) groups is 1. The zero-order valence-corrected chi connectivity index (χ0v) is 16.2. The predicted molar refractivity (Wildman–Crippen MR) is 89.8 cm³/mol. The number of likely N-dealkylation sites (tertiary alicyclic amines) is 1. The fraction of sp³-hybridized carbons (Fsp3) is 0.917. The Labute approximate surface area is 145 Å². The number of carbonyl (C=O) groups excluding carboxylic acids is 1. The molecule has 142 valence electrons. The monoisotopic (exact) mass is 406 g/mol. The van der Waals surface area contributed by atoms with Gasteiger partial charge < -0.3 is 19.4 Å². The SMILES string of the molecule is CC(=O)SCC[N+]1(C)CCCC(CC(O)(P(=O)(O)O)S(=O)(=O)O)C1. The van der Waals surface area contributed by atoms with Crippen LogP contribution in [0.15, 0.2) is 0 Å². The summed E-state index contributed by atoms with van der Waals surface area (Å²) in [6.45, 7) is 3.29. The van der Waals surface area contributed by atoms with Crippen LogP contribution in [-0.2, 0) is 19.5 Å². The van der Waals surface area contributed by atoms with Crippen molar-refractivity contribution >= 4 is 34.6 Å². The van der Waals surface area contributed by atoms with Crippen molar-refractivity contribution in [2.45, 2.75) is 30.9 Å². The van der Waals surface area contributed by atoms with Crippen LogP contribution < -0.4 is 0 Å². The highest BCUT2D eigenvalue weighted by Crippen LogP contribution is 2.55. The predicted octanol–water partition coefficient (Wildman–Crippen LogP) is 0.224. The van der Waals surface area contributed by atoms with E-state index in [1.807, 2.05) is 7.05 Å². The quantitative estimate of drug-likeness (QED) is 0.265. The smallest absolute Gasteiger partial charge is 0.363 e. The second-order valence-corrected chi connectivity index (χ2v) is 11.6. The molecule has 12 heteroatoms. The topological polar surface area (TPSA) is 149 Å². The largest absolute Gasteiger partial charge is 0.375 e. The van der Waals surface area contributed by atoms with Crippen molar-refractivity contribution in [1.82, 2.24) is 0 Å². The summed E-state index contributed by atoms with van der Waals surface area (Å²) in [6, 6.07) is 0. The molecule has 3 atom stereocenters. The van der Waals surface area contributed by atoms with Gasteiger partial charge in [-0.1, -0.05) is 11.8 Å². The highest BCUT2D eigenvalue weighted by Gasteiger charge is 2.58. The summed E-state index contributed by atoms with van der Waals surface area (Å²) in [7, 11) is -8.93. The second kappa shape index (κ2) is 7.71. The minimum Gasteiger partial charge on any atom is -0.363 e. The Hall–Kier alpha value is -0.000000000000000132. The molecule has 9 nitrogen and oxygen atoms in total. The fourth-order valence-corrected chi connectivity index (χ4v) is 6.06. The number of hydrogen-bond donors (Lipinski definition) is 4. The standard InChI is InChI=1S/C12H24NO8PS2/c1-10(14)23-7-6-13(2)5-3-4-11(9-13)8-12(15,22(16,17)18)24(19,20)21/h11,15H,3-9H2,1-2H3,(H2-,16,17,18,19,20,21)/p+1. The lowest BCUT2D eigenvalue weighted by molar-refractivity contribution is -0.915. The number of quaternary nitrogens is 1. The van der Waals surface area contributed by atoms with Crippen LogP contribution in [0.4, 0.5) is 0 Å². The molecule has 0 spiro atoms. The van der Waals surface area contributed by atoms with Gasteiger partial charge in [0.25, 0.3) is 4.67 Å². The van der Waals surface area contributed by atoms with Crippen LogP contribution in [0, 0.1) is 5.92 Å². The molecule has 1 aliphatic rings. The van der Waals surface area contributed by atoms with Crippen molar-refractivity contribution in [2.75, 3.05) is 32.4 Å². The molecule has 0 saturated carbocycles. The molecule has 3 unspecified atom stereocenters. The van der Waals surface area contributed by atoms with E-state index >= 15 is 0 Å². The van der Waals surface area contributed by atoms with E-state index in [1.54, 1.807) is 0 Å². The van der Waals surface area contributed by atoms with Crippen LogP contribution in [0.2, 0.25) is 0 Å². The van der Waals surface area contributed by atoms with E-state index in [-0.39, 0.29) is 5.12 Å². The van der Waals surface area contributed by atoms with Gasteiger partial charge in [0.05, 0.1) is 32.4 Å². The van der Waals surface area contributed by atoms with Crippen molar-refractivity contribution < 1.29 is 41.7 Å². The van der Waals surface area contributed by atoms with E-state index in [9.17, 15) is 32.7 Å². The normalized spacial score (nSPS) is 28.3. The third-order valence-electron chi connectivity index (χ3n) is 4.37. The zero-order valence-electron chi connectivity index (χ0n) is 13.7. The average molecular weight is 406 g/mol.